The van der Waals surface area contributed by atoms with Gasteiger partial charge in [-0.1, -0.05) is 23.4 Å². The summed E-state index contributed by atoms with van der Waals surface area (Å²) in [5.41, 5.74) is 1.05. The summed E-state index contributed by atoms with van der Waals surface area (Å²) in [5, 5.41) is 15.9. The number of nitro benzene ring substituents is 1. The van der Waals surface area contributed by atoms with E-state index >= 15 is 0 Å². The molecule has 3 aromatic rings. The van der Waals surface area contributed by atoms with Crippen molar-refractivity contribution in [1.82, 2.24) is 9.78 Å². The van der Waals surface area contributed by atoms with E-state index in [9.17, 15) is 14.9 Å². The Hall–Kier alpha value is -2.64. The van der Waals surface area contributed by atoms with Crippen molar-refractivity contribution in [3.63, 3.8) is 0 Å². The molecule has 0 amide bonds. The lowest BCUT2D eigenvalue weighted by atomic mass is 10.1. The summed E-state index contributed by atoms with van der Waals surface area (Å²) in [6.45, 7) is 1.40. The van der Waals surface area contributed by atoms with Crippen LogP contribution in [0.3, 0.4) is 0 Å². The molecule has 25 heavy (non-hydrogen) atoms. The van der Waals surface area contributed by atoms with E-state index in [1.165, 1.54) is 41.7 Å². The second kappa shape index (κ2) is 7.08. The second-order valence-electron chi connectivity index (χ2n) is 5.16. The zero-order valence-corrected chi connectivity index (χ0v) is 14.6. The molecular formula is C17H12ClN3O3S. The van der Waals surface area contributed by atoms with Crippen LogP contribution in [0.5, 0.6) is 0 Å². The van der Waals surface area contributed by atoms with E-state index in [4.69, 9.17) is 11.6 Å². The summed E-state index contributed by atoms with van der Waals surface area (Å²) in [6, 6.07) is 13.5. The van der Waals surface area contributed by atoms with E-state index in [0.717, 1.165) is 9.79 Å². The van der Waals surface area contributed by atoms with Gasteiger partial charge in [-0.2, -0.15) is 5.10 Å². The SMILES string of the molecule is CC(=O)n1ccc(-c2cc([N+](=O)[O-])ccc2Sc2ccc(Cl)cc2)n1. The number of halogens is 1. The molecule has 1 aromatic heterocycles. The standard InChI is InChI=1S/C17H12ClN3O3S/c1-11(22)20-9-8-16(19-20)15-10-13(21(23)24)4-7-17(15)25-14-5-2-12(18)3-6-14/h2-10H,1H3. The van der Waals surface area contributed by atoms with Crippen LogP contribution in [0.1, 0.15) is 11.7 Å². The van der Waals surface area contributed by atoms with Crippen LogP contribution < -0.4 is 0 Å². The van der Waals surface area contributed by atoms with E-state index in [1.807, 2.05) is 12.1 Å². The number of benzene rings is 2. The van der Waals surface area contributed by atoms with Crippen LogP contribution in [0.15, 0.2) is 64.5 Å². The first-order chi connectivity index (χ1) is 11.9. The van der Waals surface area contributed by atoms with Gasteiger partial charge >= 0.3 is 0 Å². The van der Waals surface area contributed by atoms with Crippen molar-refractivity contribution in [3.8, 4) is 11.3 Å². The normalized spacial score (nSPS) is 10.6. The Balaban J connectivity index is 2.05. The largest absolute Gasteiger partial charge is 0.273 e. The van der Waals surface area contributed by atoms with Crippen molar-refractivity contribution in [1.29, 1.82) is 0 Å². The van der Waals surface area contributed by atoms with Crippen LogP contribution >= 0.6 is 23.4 Å². The molecular weight excluding hydrogens is 362 g/mol. The number of nitrogens with zero attached hydrogens (tertiary/aromatic N) is 3. The Bertz CT molecular complexity index is 954. The molecule has 126 valence electrons. The minimum atomic E-state index is -0.456. The molecule has 0 bridgehead atoms. The number of carbonyl (C=O) groups is 1. The summed E-state index contributed by atoms with van der Waals surface area (Å²) in [4.78, 5) is 23.8. The lowest BCUT2D eigenvalue weighted by Gasteiger charge is -2.08. The molecule has 0 aliphatic rings. The average molecular weight is 374 g/mol. The van der Waals surface area contributed by atoms with Crippen molar-refractivity contribution >= 4 is 35.0 Å². The predicted octanol–water partition coefficient (Wildman–Crippen LogP) is 4.92. The molecule has 0 aliphatic carbocycles. The number of non-ortho nitro benzene ring substituents is 1. The smallest absolute Gasteiger partial charge is 0.270 e. The fraction of sp³-hybridized carbons (Fsp3) is 0.0588. The Morgan fingerprint density at radius 1 is 1.20 bits per heavy atom. The third-order valence-corrected chi connectivity index (χ3v) is 4.74. The van der Waals surface area contributed by atoms with Gasteiger partial charge in [-0.05, 0) is 36.4 Å². The van der Waals surface area contributed by atoms with Gasteiger partial charge < -0.3 is 0 Å². The highest BCUT2D eigenvalue weighted by atomic mass is 35.5. The molecule has 0 aliphatic heterocycles. The zero-order valence-electron chi connectivity index (χ0n) is 13.0. The maximum Gasteiger partial charge on any atom is 0.270 e. The lowest BCUT2D eigenvalue weighted by molar-refractivity contribution is -0.384. The lowest BCUT2D eigenvalue weighted by Crippen LogP contribution is -2.05. The maximum atomic E-state index is 11.4. The maximum absolute atomic E-state index is 11.4. The van der Waals surface area contributed by atoms with Crippen molar-refractivity contribution in [3.05, 3.63) is 69.9 Å². The molecule has 1 heterocycles. The summed E-state index contributed by atoms with van der Waals surface area (Å²) >= 11 is 7.34. The third-order valence-electron chi connectivity index (χ3n) is 3.40. The molecule has 0 saturated carbocycles. The van der Waals surface area contributed by atoms with Crippen molar-refractivity contribution in [2.24, 2.45) is 0 Å². The molecule has 8 heteroatoms. The van der Waals surface area contributed by atoms with Crippen molar-refractivity contribution in [2.45, 2.75) is 16.7 Å². The second-order valence-corrected chi connectivity index (χ2v) is 6.71. The molecule has 0 fully saturated rings. The number of aromatic nitrogens is 2. The Morgan fingerprint density at radius 3 is 2.52 bits per heavy atom. The molecule has 0 radical (unpaired) electrons. The van der Waals surface area contributed by atoms with E-state index in [-0.39, 0.29) is 11.6 Å². The van der Waals surface area contributed by atoms with Crippen LogP contribution in [0, 0.1) is 10.1 Å². The third kappa shape index (κ3) is 3.89. The Kier molecular flexibility index (Phi) is 4.87. The summed E-state index contributed by atoms with van der Waals surface area (Å²) in [6.07, 6.45) is 1.53. The van der Waals surface area contributed by atoms with Crippen LogP contribution in [0.25, 0.3) is 11.3 Å². The molecule has 3 rings (SSSR count). The van der Waals surface area contributed by atoms with Crippen molar-refractivity contribution < 1.29 is 9.72 Å². The Morgan fingerprint density at radius 2 is 1.92 bits per heavy atom. The molecule has 2 aromatic carbocycles. The zero-order chi connectivity index (χ0) is 18.0. The molecule has 0 spiro atoms. The van der Waals surface area contributed by atoms with Crippen LogP contribution in [0.4, 0.5) is 5.69 Å². The first-order valence-corrected chi connectivity index (χ1v) is 8.42. The van der Waals surface area contributed by atoms with Gasteiger partial charge in [-0.3, -0.25) is 14.9 Å². The Labute approximate surface area is 152 Å². The fourth-order valence-corrected chi connectivity index (χ4v) is 3.25. The molecule has 0 N–H and O–H groups in total. The van der Waals surface area contributed by atoms with Gasteiger partial charge in [0, 0.05) is 45.6 Å². The van der Waals surface area contributed by atoms with Gasteiger partial charge in [0.1, 0.15) is 0 Å². The molecule has 0 atom stereocenters. The molecule has 0 unspecified atom stereocenters. The summed E-state index contributed by atoms with van der Waals surface area (Å²) in [5.74, 6) is -0.233. The number of hydrogen-bond donors (Lipinski definition) is 0. The molecule has 0 saturated heterocycles. The highest BCUT2D eigenvalue weighted by Crippen LogP contribution is 2.37. The van der Waals surface area contributed by atoms with Gasteiger partial charge in [0.25, 0.3) is 5.69 Å². The predicted molar refractivity (Wildman–Crippen MR) is 96.2 cm³/mol. The van der Waals surface area contributed by atoms with E-state index in [0.29, 0.717) is 16.3 Å². The van der Waals surface area contributed by atoms with Crippen LogP contribution in [0.2, 0.25) is 5.02 Å². The number of rotatable bonds is 4. The molecule has 6 nitrogen and oxygen atoms in total. The van der Waals surface area contributed by atoms with Gasteiger partial charge in [0.05, 0.1) is 10.6 Å². The van der Waals surface area contributed by atoms with E-state index < -0.39 is 4.92 Å². The van der Waals surface area contributed by atoms with Crippen LogP contribution in [-0.2, 0) is 0 Å². The summed E-state index contributed by atoms with van der Waals surface area (Å²) in [7, 11) is 0. The average Bonchev–Trinajstić information content (AvgIpc) is 3.07. The van der Waals surface area contributed by atoms with Gasteiger partial charge in [-0.25, -0.2) is 4.68 Å². The van der Waals surface area contributed by atoms with Gasteiger partial charge in [0.2, 0.25) is 5.91 Å². The topological polar surface area (TPSA) is 78.0 Å². The van der Waals surface area contributed by atoms with E-state index in [1.54, 1.807) is 24.3 Å². The summed E-state index contributed by atoms with van der Waals surface area (Å²) < 4.78 is 1.20. The number of nitro groups is 1. The minimum absolute atomic E-state index is 0.0344. The fourth-order valence-electron chi connectivity index (χ4n) is 2.19. The highest BCUT2D eigenvalue weighted by molar-refractivity contribution is 7.99. The number of hydrogen-bond acceptors (Lipinski definition) is 5. The first kappa shape index (κ1) is 17.2. The number of carbonyl (C=O) groups excluding carboxylic acids is 1. The quantitative estimate of drug-likeness (QED) is 0.479. The monoisotopic (exact) mass is 373 g/mol. The minimum Gasteiger partial charge on any atom is -0.273 e. The van der Waals surface area contributed by atoms with Crippen molar-refractivity contribution in [2.75, 3.05) is 0 Å². The van der Waals surface area contributed by atoms with Gasteiger partial charge in [0.15, 0.2) is 0 Å². The van der Waals surface area contributed by atoms with Crippen LogP contribution in [-0.4, -0.2) is 20.6 Å². The van der Waals surface area contributed by atoms with E-state index in [2.05, 4.69) is 5.10 Å². The van der Waals surface area contributed by atoms with Gasteiger partial charge in [-0.15, -0.1) is 0 Å². The first-order valence-electron chi connectivity index (χ1n) is 7.23. The highest BCUT2D eigenvalue weighted by Gasteiger charge is 2.16.